The Kier molecular flexibility index (Phi) is 5.44. The normalized spacial score (nSPS) is 12.0. The first kappa shape index (κ1) is 16.4. The molecule has 2 amide bonds. The van der Waals surface area contributed by atoms with E-state index in [0.717, 1.165) is 17.9 Å². The average molecular weight is 321 g/mol. The van der Waals surface area contributed by atoms with Crippen LogP contribution in [0.1, 0.15) is 18.3 Å². The predicted octanol–water partition coefficient (Wildman–Crippen LogP) is 3.61. The van der Waals surface area contributed by atoms with Crippen molar-refractivity contribution in [1.82, 2.24) is 15.1 Å². The Bertz CT molecular complexity index is 636. The lowest BCUT2D eigenvalue weighted by molar-refractivity contribution is 0.249. The predicted molar refractivity (Wildman–Crippen MR) is 89.3 cm³/mol. The van der Waals surface area contributed by atoms with Crippen LogP contribution in [0.2, 0.25) is 5.02 Å². The Labute approximate surface area is 135 Å². The summed E-state index contributed by atoms with van der Waals surface area (Å²) in [5, 5.41) is 10.7. The van der Waals surface area contributed by atoms with Crippen LogP contribution in [0.4, 0.5) is 10.5 Å². The molecule has 1 atom stereocenters. The second kappa shape index (κ2) is 7.31. The first-order valence-electron chi connectivity index (χ1n) is 7.25. The maximum absolute atomic E-state index is 11.8. The maximum Gasteiger partial charge on any atom is 0.319 e. The smallest absolute Gasteiger partial charge is 0.319 e. The van der Waals surface area contributed by atoms with E-state index in [1.807, 2.05) is 24.6 Å². The summed E-state index contributed by atoms with van der Waals surface area (Å²) in [6.45, 7) is 7.46. The maximum atomic E-state index is 11.8. The van der Waals surface area contributed by atoms with Gasteiger partial charge in [0.1, 0.15) is 0 Å². The van der Waals surface area contributed by atoms with Gasteiger partial charge in [-0.1, -0.05) is 18.5 Å². The summed E-state index contributed by atoms with van der Waals surface area (Å²) in [5.41, 5.74) is 2.86. The number of aromatic nitrogens is 2. The van der Waals surface area contributed by atoms with Crippen molar-refractivity contribution < 1.29 is 4.79 Å². The molecule has 0 bridgehead atoms. The number of carbonyl (C=O) groups excluding carboxylic acids is 1. The molecule has 0 spiro atoms. The molecule has 2 aromatic rings. The van der Waals surface area contributed by atoms with Crippen molar-refractivity contribution >= 4 is 23.3 Å². The molecular formula is C16H21ClN4O. The number of aryl methyl sites for hydroxylation is 2. The summed E-state index contributed by atoms with van der Waals surface area (Å²) in [6.07, 6.45) is 0. The van der Waals surface area contributed by atoms with E-state index in [2.05, 4.69) is 22.7 Å². The topological polar surface area (TPSA) is 59.0 Å². The van der Waals surface area contributed by atoms with Crippen LogP contribution in [0, 0.1) is 19.8 Å². The van der Waals surface area contributed by atoms with Gasteiger partial charge in [0, 0.05) is 29.5 Å². The third-order valence-corrected chi connectivity index (χ3v) is 3.55. The molecule has 0 radical (unpaired) electrons. The fourth-order valence-corrected chi connectivity index (χ4v) is 2.32. The third kappa shape index (κ3) is 4.77. The highest BCUT2D eigenvalue weighted by Gasteiger charge is 2.09. The van der Waals surface area contributed by atoms with E-state index >= 15 is 0 Å². The zero-order valence-corrected chi connectivity index (χ0v) is 13.8. The number of rotatable bonds is 5. The molecule has 0 fully saturated rings. The molecule has 22 heavy (non-hydrogen) atoms. The first-order chi connectivity index (χ1) is 10.4. The highest BCUT2D eigenvalue weighted by Crippen LogP contribution is 2.13. The van der Waals surface area contributed by atoms with Gasteiger partial charge in [-0.15, -0.1) is 0 Å². The monoisotopic (exact) mass is 320 g/mol. The largest absolute Gasteiger partial charge is 0.338 e. The Morgan fingerprint density at radius 2 is 2.00 bits per heavy atom. The molecule has 1 aromatic carbocycles. The second-order valence-corrected chi connectivity index (χ2v) is 5.99. The minimum absolute atomic E-state index is 0.220. The van der Waals surface area contributed by atoms with Crippen molar-refractivity contribution in [2.45, 2.75) is 27.3 Å². The minimum Gasteiger partial charge on any atom is -0.338 e. The molecular weight excluding hydrogens is 300 g/mol. The number of urea groups is 1. The van der Waals surface area contributed by atoms with Gasteiger partial charge in [-0.25, -0.2) is 4.79 Å². The number of nitrogens with one attached hydrogen (secondary N) is 2. The summed E-state index contributed by atoms with van der Waals surface area (Å²) in [4.78, 5) is 11.8. The van der Waals surface area contributed by atoms with Crippen LogP contribution in [-0.4, -0.2) is 22.4 Å². The molecule has 1 heterocycles. The Balaban J connectivity index is 1.78. The van der Waals surface area contributed by atoms with Crippen LogP contribution >= 0.6 is 11.6 Å². The summed E-state index contributed by atoms with van der Waals surface area (Å²) in [7, 11) is 0. The van der Waals surface area contributed by atoms with Gasteiger partial charge in [0.25, 0.3) is 0 Å². The Hall–Kier alpha value is -2.01. The number of carbonyl (C=O) groups is 1. The van der Waals surface area contributed by atoms with Gasteiger partial charge in [-0.05, 0) is 50.1 Å². The van der Waals surface area contributed by atoms with Crippen LogP contribution in [-0.2, 0) is 6.54 Å². The molecule has 0 saturated carbocycles. The van der Waals surface area contributed by atoms with Gasteiger partial charge in [-0.3, -0.25) is 4.68 Å². The van der Waals surface area contributed by atoms with Gasteiger partial charge in [-0.2, -0.15) is 5.10 Å². The van der Waals surface area contributed by atoms with Gasteiger partial charge in [0.15, 0.2) is 0 Å². The van der Waals surface area contributed by atoms with E-state index in [-0.39, 0.29) is 11.9 Å². The van der Waals surface area contributed by atoms with Gasteiger partial charge in [0.2, 0.25) is 0 Å². The van der Waals surface area contributed by atoms with Crippen molar-refractivity contribution in [3.05, 3.63) is 46.7 Å². The van der Waals surface area contributed by atoms with Crippen molar-refractivity contribution in [2.24, 2.45) is 5.92 Å². The van der Waals surface area contributed by atoms with Gasteiger partial charge in [0.05, 0.1) is 5.69 Å². The fourth-order valence-electron chi connectivity index (χ4n) is 2.19. The summed E-state index contributed by atoms with van der Waals surface area (Å²) in [5.74, 6) is 0.286. The third-order valence-electron chi connectivity index (χ3n) is 3.30. The Morgan fingerprint density at radius 1 is 1.32 bits per heavy atom. The number of benzene rings is 1. The molecule has 0 aliphatic heterocycles. The molecule has 118 valence electrons. The number of anilines is 1. The summed E-state index contributed by atoms with van der Waals surface area (Å²) in [6, 6.07) is 8.84. The first-order valence-corrected chi connectivity index (χ1v) is 7.63. The molecule has 1 aromatic heterocycles. The van der Waals surface area contributed by atoms with Crippen molar-refractivity contribution in [1.29, 1.82) is 0 Å². The van der Waals surface area contributed by atoms with Crippen LogP contribution in [0.5, 0.6) is 0 Å². The number of hydrogen-bond donors (Lipinski definition) is 2. The molecule has 0 aliphatic rings. The van der Waals surface area contributed by atoms with E-state index in [4.69, 9.17) is 11.6 Å². The Morgan fingerprint density at radius 3 is 2.59 bits per heavy atom. The standard InChI is InChI=1S/C16H21ClN4O/c1-11(10-21-13(3)8-12(2)20-21)9-18-16(22)19-15-6-4-14(17)5-7-15/h4-8,11H,9-10H2,1-3H3,(H2,18,19,22). The zero-order valence-electron chi connectivity index (χ0n) is 13.1. The highest BCUT2D eigenvalue weighted by atomic mass is 35.5. The molecule has 2 rings (SSSR count). The van der Waals surface area contributed by atoms with Gasteiger partial charge < -0.3 is 10.6 Å². The minimum atomic E-state index is -0.220. The summed E-state index contributed by atoms with van der Waals surface area (Å²) >= 11 is 5.81. The van der Waals surface area contributed by atoms with Crippen molar-refractivity contribution in [3.8, 4) is 0 Å². The van der Waals surface area contributed by atoms with Gasteiger partial charge >= 0.3 is 6.03 Å². The lowest BCUT2D eigenvalue weighted by atomic mass is 10.2. The van der Waals surface area contributed by atoms with Crippen LogP contribution in [0.25, 0.3) is 0 Å². The number of amides is 2. The van der Waals surface area contributed by atoms with Crippen molar-refractivity contribution in [3.63, 3.8) is 0 Å². The SMILES string of the molecule is Cc1cc(C)n(CC(C)CNC(=O)Nc2ccc(Cl)cc2)n1. The molecule has 0 aliphatic carbocycles. The van der Waals surface area contributed by atoms with E-state index in [1.54, 1.807) is 24.3 Å². The molecule has 1 unspecified atom stereocenters. The highest BCUT2D eigenvalue weighted by molar-refractivity contribution is 6.30. The number of nitrogens with zero attached hydrogens (tertiary/aromatic N) is 2. The molecule has 5 nitrogen and oxygen atoms in total. The van der Waals surface area contributed by atoms with E-state index < -0.39 is 0 Å². The summed E-state index contributed by atoms with van der Waals surface area (Å²) < 4.78 is 1.97. The number of halogens is 1. The number of hydrogen-bond acceptors (Lipinski definition) is 2. The van der Waals surface area contributed by atoms with E-state index in [0.29, 0.717) is 17.3 Å². The molecule has 0 saturated heterocycles. The van der Waals surface area contributed by atoms with Crippen molar-refractivity contribution in [2.75, 3.05) is 11.9 Å². The van der Waals surface area contributed by atoms with Crippen LogP contribution < -0.4 is 10.6 Å². The second-order valence-electron chi connectivity index (χ2n) is 5.56. The average Bonchev–Trinajstić information content (AvgIpc) is 2.77. The molecule has 6 heteroatoms. The van der Waals surface area contributed by atoms with Crippen LogP contribution in [0.3, 0.4) is 0 Å². The lowest BCUT2D eigenvalue weighted by Gasteiger charge is -2.14. The quantitative estimate of drug-likeness (QED) is 0.884. The lowest BCUT2D eigenvalue weighted by Crippen LogP contribution is -2.33. The van der Waals surface area contributed by atoms with Crippen LogP contribution in [0.15, 0.2) is 30.3 Å². The molecule has 2 N–H and O–H groups in total. The van der Waals surface area contributed by atoms with E-state index in [1.165, 1.54) is 0 Å². The van der Waals surface area contributed by atoms with E-state index in [9.17, 15) is 4.79 Å². The zero-order chi connectivity index (χ0) is 16.1. The fraction of sp³-hybridized carbons (Fsp3) is 0.375.